The van der Waals surface area contributed by atoms with Gasteiger partial charge in [-0.25, -0.2) is 4.68 Å². The third kappa shape index (κ3) is 4.29. The second-order valence-electron chi connectivity index (χ2n) is 8.40. The number of carbonyl (C=O) groups excluding carboxylic acids is 1. The van der Waals surface area contributed by atoms with Crippen LogP contribution < -0.4 is 10.2 Å². The van der Waals surface area contributed by atoms with Gasteiger partial charge in [0, 0.05) is 42.2 Å². The number of hydrogen-bond acceptors (Lipinski definition) is 6. The Morgan fingerprint density at radius 1 is 1.06 bits per heavy atom. The van der Waals surface area contributed by atoms with Crippen LogP contribution in [0, 0.1) is 0 Å². The van der Waals surface area contributed by atoms with E-state index in [9.17, 15) is 4.79 Å². The number of rotatable bonds is 7. The van der Waals surface area contributed by atoms with E-state index in [1.807, 2.05) is 22.9 Å². The Labute approximate surface area is 199 Å². The monoisotopic (exact) mass is 459 g/mol. The molecule has 1 unspecified atom stereocenters. The molecule has 1 aromatic heterocycles. The molecule has 7 heteroatoms. The largest absolute Gasteiger partial charge is 0.372 e. The number of fused-ring (bicyclic) bond motifs is 1. The minimum absolute atomic E-state index is 0.209. The first-order valence-corrected chi connectivity index (χ1v) is 12.7. The summed E-state index contributed by atoms with van der Waals surface area (Å²) in [5.74, 6) is 1.73. The van der Waals surface area contributed by atoms with E-state index in [1.165, 1.54) is 11.3 Å². The second kappa shape index (κ2) is 9.43. The van der Waals surface area contributed by atoms with Crippen LogP contribution in [-0.4, -0.2) is 33.6 Å². The highest BCUT2D eigenvalue weighted by Crippen LogP contribution is 2.41. The van der Waals surface area contributed by atoms with Crippen molar-refractivity contribution in [3.05, 3.63) is 77.0 Å². The molecule has 0 bridgehead atoms. The number of Topliss-reactive ketones (excluding diaryl/α,β-unsaturated/α-hetero) is 1. The van der Waals surface area contributed by atoms with Crippen molar-refractivity contribution in [3.63, 3.8) is 0 Å². The highest BCUT2D eigenvalue weighted by molar-refractivity contribution is 7.98. The smallest absolute Gasteiger partial charge is 0.227 e. The quantitative estimate of drug-likeness (QED) is 0.475. The molecular formula is C26H29N5OS. The Balaban J connectivity index is 1.49. The molecule has 0 spiro atoms. The number of hydrogen-bond donors (Lipinski definition) is 1. The van der Waals surface area contributed by atoms with Crippen molar-refractivity contribution in [1.82, 2.24) is 14.8 Å². The standard InChI is InChI=1S/C26H29N5OS/c1-3-30(4-2)20-15-13-19(14-16-20)24-23-21(11-8-12-22(23)32)27-25-28-26(29-31(24)25)33-17-18-9-6-5-7-10-18/h5-7,9-10,13-16,24H,3-4,8,11-12,17H2,1-2H3,(H,27,28,29). The number of nitrogens with one attached hydrogen (secondary N) is 1. The van der Waals surface area contributed by atoms with E-state index >= 15 is 0 Å². The van der Waals surface area contributed by atoms with Crippen LogP contribution in [0.25, 0.3) is 0 Å². The van der Waals surface area contributed by atoms with Crippen LogP contribution in [0.5, 0.6) is 0 Å². The fourth-order valence-corrected chi connectivity index (χ4v) is 5.47. The average molecular weight is 460 g/mol. The molecule has 5 rings (SSSR count). The van der Waals surface area contributed by atoms with Gasteiger partial charge in [0.1, 0.15) is 6.04 Å². The van der Waals surface area contributed by atoms with E-state index < -0.39 is 0 Å². The number of aromatic nitrogens is 3. The lowest BCUT2D eigenvalue weighted by molar-refractivity contribution is -0.116. The molecule has 1 N–H and O–H groups in total. The lowest BCUT2D eigenvalue weighted by Gasteiger charge is -2.32. The molecule has 0 amide bonds. The first-order chi connectivity index (χ1) is 16.2. The second-order valence-corrected chi connectivity index (χ2v) is 9.34. The summed E-state index contributed by atoms with van der Waals surface area (Å²) in [6, 6.07) is 18.7. The molecule has 2 heterocycles. The molecule has 170 valence electrons. The van der Waals surface area contributed by atoms with E-state index in [1.54, 1.807) is 11.8 Å². The number of ketones is 1. The van der Waals surface area contributed by atoms with Gasteiger partial charge in [0.05, 0.1) is 0 Å². The Kier molecular flexibility index (Phi) is 6.22. The van der Waals surface area contributed by atoms with Crippen molar-refractivity contribution in [2.24, 2.45) is 0 Å². The van der Waals surface area contributed by atoms with Crippen LogP contribution in [0.1, 0.15) is 50.3 Å². The molecule has 33 heavy (non-hydrogen) atoms. The van der Waals surface area contributed by atoms with Crippen LogP contribution >= 0.6 is 11.8 Å². The summed E-state index contributed by atoms with van der Waals surface area (Å²) < 4.78 is 1.90. The Bertz CT molecular complexity index is 1170. The fraction of sp³-hybridized carbons (Fsp3) is 0.346. The zero-order valence-corrected chi connectivity index (χ0v) is 19.9. The number of allylic oxidation sites excluding steroid dienone is 2. The lowest BCUT2D eigenvalue weighted by atomic mass is 9.85. The molecule has 3 aromatic rings. The Morgan fingerprint density at radius 2 is 1.82 bits per heavy atom. The molecule has 1 atom stereocenters. The van der Waals surface area contributed by atoms with Gasteiger partial charge in [0.15, 0.2) is 5.78 Å². The van der Waals surface area contributed by atoms with Crippen LogP contribution in [0.4, 0.5) is 11.6 Å². The Morgan fingerprint density at radius 3 is 2.55 bits per heavy atom. The van der Waals surface area contributed by atoms with Crippen molar-refractivity contribution in [1.29, 1.82) is 0 Å². The molecule has 0 saturated heterocycles. The molecule has 2 aromatic carbocycles. The fourth-order valence-electron chi connectivity index (χ4n) is 4.68. The summed E-state index contributed by atoms with van der Waals surface area (Å²) in [4.78, 5) is 20.1. The zero-order valence-electron chi connectivity index (χ0n) is 19.1. The van der Waals surface area contributed by atoms with Gasteiger partial charge in [-0.3, -0.25) is 4.79 Å². The number of nitrogens with zero attached hydrogens (tertiary/aromatic N) is 4. The van der Waals surface area contributed by atoms with Crippen LogP contribution in [0.2, 0.25) is 0 Å². The van der Waals surface area contributed by atoms with Gasteiger partial charge in [0.25, 0.3) is 0 Å². The zero-order chi connectivity index (χ0) is 22.8. The minimum atomic E-state index is -0.242. The first-order valence-electron chi connectivity index (χ1n) is 11.7. The van der Waals surface area contributed by atoms with Gasteiger partial charge in [-0.15, -0.1) is 5.10 Å². The minimum Gasteiger partial charge on any atom is -0.372 e. The van der Waals surface area contributed by atoms with E-state index in [0.717, 1.165) is 59.6 Å². The predicted octanol–water partition coefficient (Wildman–Crippen LogP) is 5.44. The highest BCUT2D eigenvalue weighted by Gasteiger charge is 2.36. The average Bonchev–Trinajstić information content (AvgIpc) is 3.26. The van der Waals surface area contributed by atoms with Gasteiger partial charge >= 0.3 is 0 Å². The summed E-state index contributed by atoms with van der Waals surface area (Å²) in [5, 5.41) is 8.99. The van der Waals surface area contributed by atoms with Gasteiger partial charge in [-0.05, 0) is 49.9 Å². The van der Waals surface area contributed by atoms with Gasteiger partial charge in [0.2, 0.25) is 11.1 Å². The molecule has 0 fully saturated rings. The Hall–Kier alpha value is -3.06. The van der Waals surface area contributed by atoms with Crippen LogP contribution in [0.3, 0.4) is 0 Å². The van der Waals surface area contributed by atoms with Gasteiger partial charge in [-0.2, -0.15) is 4.98 Å². The summed E-state index contributed by atoms with van der Waals surface area (Å²) >= 11 is 1.62. The summed E-state index contributed by atoms with van der Waals surface area (Å²) in [5.41, 5.74) is 5.34. The molecule has 0 saturated carbocycles. The molecule has 6 nitrogen and oxygen atoms in total. The summed E-state index contributed by atoms with van der Waals surface area (Å²) in [7, 11) is 0. The van der Waals surface area contributed by atoms with E-state index in [0.29, 0.717) is 6.42 Å². The SMILES string of the molecule is CCN(CC)c1ccc(C2C3=C(CCCC3=O)Nc3nc(SCc4ccccc4)nn32)cc1. The van der Waals surface area contributed by atoms with Gasteiger partial charge < -0.3 is 10.2 Å². The normalized spacial score (nSPS) is 17.4. The van der Waals surface area contributed by atoms with Crippen molar-refractivity contribution in [2.75, 3.05) is 23.3 Å². The molecule has 1 aliphatic carbocycles. The van der Waals surface area contributed by atoms with E-state index in [-0.39, 0.29) is 11.8 Å². The molecular weight excluding hydrogens is 430 g/mol. The van der Waals surface area contributed by atoms with Crippen LogP contribution in [0.15, 0.2) is 71.0 Å². The van der Waals surface area contributed by atoms with Crippen molar-refractivity contribution >= 4 is 29.2 Å². The number of thioether (sulfide) groups is 1. The maximum absolute atomic E-state index is 13.0. The molecule has 0 radical (unpaired) electrons. The number of benzene rings is 2. The maximum atomic E-state index is 13.0. The highest BCUT2D eigenvalue weighted by atomic mass is 32.2. The third-order valence-corrected chi connectivity index (χ3v) is 7.31. The lowest BCUT2D eigenvalue weighted by Crippen LogP contribution is -2.31. The molecule has 2 aliphatic rings. The van der Waals surface area contributed by atoms with Crippen molar-refractivity contribution in [3.8, 4) is 0 Å². The molecule has 1 aliphatic heterocycles. The summed E-state index contributed by atoms with van der Waals surface area (Å²) in [6.07, 6.45) is 2.34. The van der Waals surface area contributed by atoms with Crippen molar-refractivity contribution in [2.45, 2.75) is 50.1 Å². The first kappa shape index (κ1) is 21.8. The predicted molar refractivity (Wildman–Crippen MR) is 134 cm³/mol. The van der Waals surface area contributed by atoms with Crippen LogP contribution in [-0.2, 0) is 10.5 Å². The third-order valence-electron chi connectivity index (χ3n) is 6.40. The van der Waals surface area contributed by atoms with E-state index in [4.69, 9.17) is 10.1 Å². The number of anilines is 2. The maximum Gasteiger partial charge on any atom is 0.227 e. The van der Waals surface area contributed by atoms with Gasteiger partial charge in [-0.1, -0.05) is 54.2 Å². The summed E-state index contributed by atoms with van der Waals surface area (Å²) in [6.45, 7) is 6.26. The topological polar surface area (TPSA) is 63.1 Å². The van der Waals surface area contributed by atoms with E-state index in [2.05, 4.69) is 60.5 Å². The number of carbonyl (C=O) groups is 1. The van der Waals surface area contributed by atoms with Crippen molar-refractivity contribution < 1.29 is 4.79 Å².